The highest BCUT2D eigenvalue weighted by Crippen LogP contribution is 2.26. The molecule has 0 saturated carbocycles. The van der Waals surface area contributed by atoms with E-state index < -0.39 is 6.10 Å². The van der Waals surface area contributed by atoms with Gasteiger partial charge in [0, 0.05) is 5.69 Å². The molecule has 2 aromatic carbocycles. The predicted octanol–water partition coefficient (Wildman–Crippen LogP) is 3.49. The number of halogens is 1. The summed E-state index contributed by atoms with van der Waals surface area (Å²) in [6, 6.07) is 15.1. The van der Waals surface area contributed by atoms with Crippen molar-refractivity contribution in [3.05, 3.63) is 58.6 Å². The number of nitrogens with one attached hydrogen (secondary N) is 1. The number of benzene rings is 2. The zero-order chi connectivity index (χ0) is 16.8. The maximum atomic E-state index is 12.1. The second-order valence-corrected chi connectivity index (χ2v) is 5.11. The molecule has 0 aliphatic carbocycles. The van der Waals surface area contributed by atoms with E-state index in [2.05, 4.69) is 5.32 Å². The Hall–Kier alpha value is -3.02. The fourth-order valence-corrected chi connectivity index (χ4v) is 2.05. The fourth-order valence-electron chi connectivity index (χ4n) is 1.82. The molecule has 0 aromatic heterocycles. The minimum absolute atomic E-state index is 0.259. The van der Waals surface area contributed by atoms with Crippen LogP contribution in [0.25, 0.3) is 0 Å². The molecular weight excluding hydrogens is 314 g/mol. The molecule has 1 N–H and O–H groups in total. The van der Waals surface area contributed by atoms with E-state index in [1.165, 1.54) is 6.07 Å². The zero-order valence-electron chi connectivity index (χ0n) is 12.2. The minimum atomic E-state index is -0.800. The molecule has 6 heteroatoms. The van der Waals surface area contributed by atoms with Crippen molar-refractivity contribution in [1.82, 2.24) is 0 Å². The molecule has 0 aliphatic rings. The van der Waals surface area contributed by atoms with Gasteiger partial charge in [-0.15, -0.1) is 0 Å². The Morgan fingerprint density at radius 1 is 1.17 bits per heavy atom. The van der Waals surface area contributed by atoms with E-state index in [1.807, 2.05) is 12.1 Å². The molecule has 0 heterocycles. The van der Waals surface area contributed by atoms with E-state index in [0.717, 1.165) is 0 Å². The van der Waals surface area contributed by atoms with E-state index >= 15 is 0 Å². The maximum Gasteiger partial charge on any atom is 0.265 e. The molecule has 0 aliphatic heterocycles. The number of hydrogen-bond donors (Lipinski definition) is 1. The Morgan fingerprint density at radius 2 is 1.87 bits per heavy atom. The van der Waals surface area contributed by atoms with E-state index in [4.69, 9.17) is 26.9 Å². The van der Waals surface area contributed by atoms with Gasteiger partial charge in [0.25, 0.3) is 5.91 Å². The Labute approximate surface area is 138 Å². The highest BCUT2D eigenvalue weighted by atomic mass is 35.5. The molecule has 0 fully saturated rings. The third-order valence-corrected chi connectivity index (χ3v) is 3.29. The average Bonchev–Trinajstić information content (AvgIpc) is 2.56. The molecular formula is C17H12ClN3O2. The highest BCUT2D eigenvalue weighted by Gasteiger charge is 2.16. The first-order chi connectivity index (χ1) is 11.0. The van der Waals surface area contributed by atoms with Gasteiger partial charge in [0.2, 0.25) is 0 Å². The maximum absolute atomic E-state index is 12.1. The molecule has 2 rings (SSSR count). The van der Waals surface area contributed by atoms with Crippen molar-refractivity contribution >= 4 is 23.2 Å². The molecule has 0 saturated heterocycles. The molecule has 114 valence electrons. The lowest BCUT2D eigenvalue weighted by Gasteiger charge is -2.15. The van der Waals surface area contributed by atoms with Crippen LogP contribution in [0.1, 0.15) is 18.1 Å². The van der Waals surface area contributed by atoms with Crippen LogP contribution in [0, 0.1) is 22.7 Å². The number of nitrogens with zero attached hydrogens (tertiary/aromatic N) is 2. The number of nitriles is 2. The first-order valence-electron chi connectivity index (χ1n) is 6.71. The fraction of sp³-hybridized carbons (Fsp3) is 0.118. The smallest absolute Gasteiger partial charge is 0.265 e. The summed E-state index contributed by atoms with van der Waals surface area (Å²) in [5.74, 6) is -0.0559. The van der Waals surface area contributed by atoms with Crippen molar-refractivity contribution in [2.45, 2.75) is 13.0 Å². The van der Waals surface area contributed by atoms with Crippen LogP contribution in [0.4, 0.5) is 5.69 Å². The number of ether oxygens (including phenoxy) is 1. The number of rotatable bonds is 4. The Kier molecular flexibility index (Phi) is 5.19. The number of carbonyl (C=O) groups excluding carboxylic acids is 1. The molecule has 23 heavy (non-hydrogen) atoms. The number of amides is 1. The van der Waals surface area contributed by atoms with Crippen molar-refractivity contribution in [2.75, 3.05) is 5.32 Å². The molecule has 5 nitrogen and oxygen atoms in total. The van der Waals surface area contributed by atoms with Crippen LogP contribution in [0.2, 0.25) is 5.02 Å². The lowest BCUT2D eigenvalue weighted by atomic mass is 10.2. The van der Waals surface area contributed by atoms with Crippen LogP contribution in [0.15, 0.2) is 42.5 Å². The summed E-state index contributed by atoms with van der Waals surface area (Å²) in [4.78, 5) is 12.1. The third kappa shape index (κ3) is 4.23. The molecule has 0 unspecified atom stereocenters. The van der Waals surface area contributed by atoms with Crippen LogP contribution in [-0.2, 0) is 4.79 Å². The largest absolute Gasteiger partial charge is 0.479 e. The second-order valence-electron chi connectivity index (χ2n) is 4.70. The van der Waals surface area contributed by atoms with Gasteiger partial charge >= 0.3 is 0 Å². The van der Waals surface area contributed by atoms with E-state index in [9.17, 15) is 4.79 Å². The first kappa shape index (κ1) is 16.4. The summed E-state index contributed by atoms with van der Waals surface area (Å²) in [5.41, 5.74) is 1.37. The average molecular weight is 326 g/mol. The van der Waals surface area contributed by atoms with E-state index in [-0.39, 0.29) is 10.9 Å². The van der Waals surface area contributed by atoms with Crippen LogP contribution in [0.3, 0.4) is 0 Å². The van der Waals surface area contributed by atoms with Gasteiger partial charge in [-0.2, -0.15) is 10.5 Å². The van der Waals surface area contributed by atoms with Gasteiger partial charge in [-0.05, 0) is 43.3 Å². The van der Waals surface area contributed by atoms with Crippen molar-refractivity contribution in [2.24, 2.45) is 0 Å². The van der Waals surface area contributed by atoms with Gasteiger partial charge in [-0.25, -0.2) is 0 Å². The SMILES string of the molecule is C[C@@H](Oc1ccc(C#N)cc1Cl)C(=O)Nc1cccc(C#N)c1. The predicted molar refractivity (Wildman–Crippen MR) is 86.0 cm³/mol. The minimum Gasteiger partial charge on any atom is -0.479 e. The summed E-state index contributed by atoms with van der Waals surface area (Å²) in [6.07, 6.45) is -0.800. The number of carbonyl (C=O) groups is 1. The number of anilines is 1. The van der Waals surface area contributed by atoms with Gasteiger partial charge in [-0.3, -0.25) is 4.79 Å². The number of hydrogen-bond acceptors (Lipinski definition) is 4. The van der Waals surface area contributed by atoms with Crippen molar-refractivity contribution in [3.63, 3.8) is 0 Å². The molecule has 0 radical (unpaired) electrons. The Balaban J connectivity index is 2.05. The molecule has 0 bridgehead atoms. The summed E-state index contributed by atoms with van der Waals surface area (Å²) < 4.78 is 5.52. The highest BCUT2D eigenvalue weighted by molar-refractivity contribution is 6.32. The molecule has 1 amide bonds. The summed E-state index contributed by atoms with van der Waals surface area (Å²) in [7, 11) is 0. The molecule has 2 aromatic rings. The van der Waals surface area contributed by atoms with Crippen molar-refractivity contribution in [3.8, 4) is 17.9 Å². The third-order valence-electron chi connectivity index (χ3n) is 2.99. The van der Waals surface area contributed by atoms with Gasteiger partial charge in [0.05, 0.1) is 28.3 Å². The standard InChI is InChI=1S/C17H12ClN3O2/c1-11(23-16-6-5-13(10-20)8-15(16)18)17(22)21-14-4-2-3-12(7-14)9-19/h2-8,11H,1H3,(H,21,22)/t11-/m1/s1. The quantitative estimate of drug-likeness (QED) is 0.932. The molecule has 1 atom stereocenters. The van der Waals surface area contributed by atoms with Gasteiger partial charge in [0.1, 0.15) is 5.75 Å². The second kappa shape index (κ2) is 7.31. The van der Waals surface area contributed by atoms with Gasteiger partial charge < -0.3 is 10.1 Å². The summed E-state index contributed by atoms with van der Waals surface area (Å²) in [6.45, 7) is 1.58. The van der Waals surface area contributed by atoms with E-state index in [0.29, 0.717) is 22.6 Å². The van der Waals surface area contributed by atoms with E-state index in [1.54, 1.807) is 43.3 Å². The summed E-state index contributed by atoms with van der Waals surface area (Å²) in [5, 5.41) is 20.6. The zero-order valence-corrected chi connectivity index (χ0v) is 13.0. The van der Waals surface area contributed by atoms with Crippen LogP contribution in [0.5, 0.6) is 5.75 Å². The normalized spacial score (nSPS) is 11.0. The van der Waals surface area contributed by atoms with Gasteiger partial charge in [-0.1, -0.05) is 17.7 Å². The lowest BCUT2D eigenvalue weighted by molar-refractivity contribution is -0.122. The topological polar surface area (TPSA) is 85.9 Å². The van der Waals surface area contributed by atoms with Crippen LogP contribution >= 0.6 is 11.6 Å². The monoisotopic (exact) mass is 325 g/mol. The van der Waals surface area contributed by atoms with Crippen molar-refractivity contribution in [1.29, 1.82) is 10.5 Å². The van der Waals surface area contributed by atoms with Gasteiger partial charge in [0.15, 0.2) is 6.10 Å². The Bertz CT molecular complexity index is 821. The van der Waals surface area contributed by atoms with Crippen molar-refractivity contribution < 1.29 is 9.53 Å². The van der Waals surface area contributed by atoms with Crippen LogP contribution in [-0.4, -0.2) is 12.0 Å². The van der Waals surface area contributed by atoms with Crippen LogP contribution < -0.4 is 10.1 Å². The molecule has 0 spiro atoms. The first-order valence-corrected chi connectivity index (χ1v) is 7.08. The lowest BCUT2D eigenvalue weighted by Crippen LogP contribution is -2.30. The summed E-state index contributed by atoms with van der Waals surface area (Å²) >= 11 is 6.01. The Morgan fingerprint density at radius 3 is 2.52 bits per heavy atom.